The van der Waals surface area contributed by atoms with Gasteiger partial charge in [0, 0.05) is 17.2 Å². The molecule has 0 aliphatic heterocycles. The van der Waals surface area contributed by atoms with Gasteiger partial charge >= 0.3 is 11.4 Å². The van der Waals surface area contributed by atoms with Crippen LogP contribution in [0, 0.1) is 20.2 Å². The minimum atomic E-state index is -0.671. The molecule has 0 saturated carbocycles. The van der Waals surface area contributed by atoms with Gasteiger partial charge in [0.2, 0.25) is 11.5 Å². The smallest absolute Gasteiger partial charge is 0.313 e. The van der Waals surface area contributed by atoms with Gasteiger partial charge in [0.25, 0.3) is 0 Å². The van der Waals surface area contributed by atoms with Crippen LogP contribution in [0.1, 0.15) is 0 Å². The van der Waals surface area contributed by atoms with Gasteiger partial charge in [0.15, 0.2) is 0 Å². The van der Waals surface area contributed by atoms with Gasteiger partial charge in [-0.2, -0.15) is 0 Å². The third-order valence-electron chi connectivity index (χ3n) is 2.40. The molecule has 102 valence electrons. The van der Waals surface area contributed by atoms with E-state index >= 15 is 0 Å². The van der Waals surface area contributed by atoms with Crippen molar-refractivity contribution in [2.45, 2.75) is 0 Å². The van der Waals surface area contributed by atoms with Gasteiger partial charge in [-0.3, -0.25) is 20.2 Å². The quantitative estimate of drug-likeness (QED) is 0.628. The fraction of sp³-hybridized carbons (Fsp3) is 0. The number of benzene rings is 2. The summed E-state index contributed by atoms with van der Waals surface area (Å²) in [6.45, 7) is 0. The van der Waals surface area contributed by atoms with E-state index in [1.54, 1.807) is 0 Å². The van der Waals surface area contributed by atoms with Crippen molar-refractivity contribution in [1.82, 2.24) is 0 Å². The van der Waals surface area contributed by atoms with Crippen LogP contribution in [0.4, 0.5) is 11.4 Å². The van der Waals surface area contributed by atoms with Crippen molar-refractivity contribution >= 4 is 23.0 Å². The Balaban J connectivity index is 2.45. The third-order valence-corrected chi connectivity index (χ3v) is 2.63. The first-order valence-corrected chi connectivity index (χ1v) is 5.72. The second-order valence-corrected chi connectivity index (χ2v) is 4.13. The van der Waals surface area contributed by atoms with E-state index in [0.717, 1.165) is 6.07 Å². The third kappa shape index (κ3) is 2.83. The zero-order valence-electron chi connectivity index (χ0n) is 9.86. The molecule has 8 heteroatoms. The monoisotopic (exact) mass is 294 g/mol. The molecule has 0 atom stereocenters. The molecule has 0 spiro atoms. The van der Waals surface area contributed by atoms with Crippen molar-refractivity contribution in [3.63, 3.8) is 0 Å². The lowest BCUT2D eigenvalue weighted by molar-refractivity contribution is -0.387. The zero-order chi connectivity index (χ0) is 14.7. The Morgan fingerprint density at radius 3 is 2.15 bits per heavy atom. The van der Waals surface area contributed by atoms with Crippen molar-refractivity contribution in [3.05, 3.63) is 67.7 Å². The van der Waals surface area contributed by atoms with Crippen LogP contribution in [0.2, 0.25) is 5.02 Å². The first-order valence-electron chi connectivity index (χ1n) is 5.34. The standard InChI is InChI=1S/C12H7ClN2O5/c13-8-5-6-12(10(7-8)15(18)19)20-11-4-2-1-3-9(11)14(16)17/h1-7H. The van der Waals surface area contributed by atoms with E-state index in [1.165, 1.54) is 36.4 Å². The predicted octanol–water partition coefficient (Wildman–Crippen LogP) is 3.95. The summed E-state index contributed by atoms with van der Waals surface area (Å²) in [5.74, 6) is -0.198. The average molecular weight is 295 g/mol. The highest BCUT2D eigenvalue weighted by atomic mass is 35.5. The maximum Gasteiger partial charge on any atom is 0.313 e. The Hall–Kier alpha value is -2.67. The van der Waals surface area contributed by atoms with E-state index in [4.69, 9.17) is 16.3 Å². The van der Waals surface area contributed by atoms with Crippen LogP contribution in [0.5, 0.6) is 11.5 Å². The van der Waals surface area contributed by atoms with Gasteiger partial charge in [-0.05, 0) is 18.2 Å². The fourth-order valence-corrected chi connectivity index (χ4v) is 1.70. The Morgan fingerprint density at radius 1 is 0.900 bits per heavy atom. The van der Waals surface area contributed by atoms with Crippen LogP contribution >= 0.6 is 11.6 Å². The number of rotatable bonds is 4. The largest absolute Gasteiger partial charge is 0.443 e. The molecule has 7 nitrogen and oxygen atoms in total. The van der Waals surface area contributed by atoms with Crippen LogP contribution in [0.3, 0.4) is 0 Å². The first-order chi connectivity index (χ1) is 9.49. The summed E-state index contributed by atoms with van der Waals surface area (Å²) in [4.78, 5) is 20.5. The Kier molecular flexibility index (Phi) is 3.81. The average Bonchev–Trinajstić information content (AvgIpc) is 2.41. The Bertz CT molecular complexity index is 689. The van der Waals surface area contributed by atoms with E-state index in [2.05, 4.69) is 0 Å². The lowest BCUT2D eigenvalue weighted by Crippen LogP contribution is -1.96. The summed E-state index contributed by atoms with van der Waals surface area (Å²) in [7, 11) is 0. The molecule has 0 unspecified atom stereocenters. The molecule has 0 radical (unpaired) electrons. The Labute approximate surface area is 117 Å². The lowest BCUT2D eigenvalue weighted by atomic mass is 10.2. The normalized spacial score (nSPS) is 10.1. The Morgan fingerprint density at radius 2 is 1.50 bits per heavy atom. The maximum absolute atomic E-state index is 10.9. The van der Waals surface area contributed by atoms with Gasteiger partial charge in [-0.15, -0.1) is 0 Å². The van der Waals surface area contributed by atoms with Gasteiger partial charge in [-0.1, -0.05) is 23.7 Å². The molecule has 0 N–H and O–H groups in total. The number of nitro groups is 2. The second kappa shape index (κ2) is 5.54. The van der Waals surface area contributed by atoms with Crippen LogP contribution in [0.25, 0.3) is 0 Å². The molecule has 0 aliphatic carbocycles. The molecule has 2 rings (SSSR count). The number of halogens is 1. The van der Waals surface area contributed by atoms with Crippen molar-refractivity contribution in [1.29, 1.82) is 0 Å². The van der Waals surface area contributed by atoms with Gasteiger partial charge in [0.1, 0.15) is 0 Å². The lowest BCUT2D eigenvalue weighted by Gasteiger charge is -2.06. The van der Waals surface area contributed by atoms with Gasteiger partial charge in [0.05, 0.1) is 9.85 Å². The highest BCUT2D eigenvalue weighted by Crippen LogP contribution is 2.36. The van der Waals surface area contributed by atoms with Crippen molar-refractivity contribution in [2.24, 2.45) is 0 Å². The molecule has 0 aliphatic rings. The fourth-order valence-electron chi connectivity index (χ4n) is 1.53. The van der Waals surface area contributed by atoms with E-state index in [-0.39, 0.29) is 27.9 Å². The molecular formula is C12H7ClN2O5. The summed E-state index contributed by atoms with van der Waals surface area (Å²) in [6, 6.07) is 9.42. The molecule has 0 bridgehead atoms. The molecule has 0 amide bonds. The molecule has 0 saturated heterocycles. The highest BCUT2D eigenvalue weighted by molar-refractivity contribution is 6.30. The SMILES string of the molecule is O=[N+]([O-])c1ccccc1Oc1ccc(Cl)cc1[N+](=O)[O-]. The second-order valence-electron chi connectivity index (χ2n) is 3.70. The molecular weight excluding hydrogens is 288 g/mol. The minimum Gasteiger partial charge on any atom is -0.443 e. The van der Waals surface area contributed by atoms with Crippen LogP contribution in [-0.2, 0) is 0 Å². The number of hydrogen-bond donors (Lipinski definition) is 0. The summed E-state index contributed by atoms with van der Waals surface area (Å²) < 4.78 is 5.28. The van der Waals surface area contributed by atoms with Crippen molar-refractivity contribution < 1.29 is 14.6 Å². The maximum atomic E-state index is 10.9. The summed E-state index contributed by atoms with van der Waals surface area (Å²) >= 11 is 5.68. The molecule has 2 aromatic rings. The van der Waals surface area contributed by atoms with E-state index in [0.29, 0.717) is 0 Å². The number of hydrogen-bond acceptors (Lipinski definition) is 5. The summed E-state index contributed by atoms with van der Waals surface area (Å²) in [5, 5.41) is 21.9. The zero-order valence-corrected chi connectivity index (χ0v) is 10.6. The van der Waals surface area contributed by atoms with Crippen LogP contribution in [0.15, 0.2) is 42.5 Å². The van der Waals surface area contributed by atoms with E-state index < -0.39 is 9.85 Å². The van der Waals surface area contributed by atoms with Gasteiger partial charge < -0.3 is 4.74 Å². The van der Waals surface area contributed by atoms with Gasteiger partial charge in [-0.25, -0.2) is 0 Å². The summed E-state index contributed by atoms with van der Waals surface area (Å²) in [5.41, 5.74) is -0.646. The first kappa shape index (κ1) is 13.8. The van der Waals surface area contributed by atoms with Crippen molar-refractivity contribution in [3.8, 4) is 11.5 Å². The molecule has 0 heterocycles. The number of para-hydroxylation sites is 2. The highest BCUT2D eigenvalue weighted by Gasteiger charge is 2.20. The minimum absolute atomic E-state index is 0.0806. The molecule has 20 heavy (non-hydrogen) atoms. The molecule has 0 aromatic heterocycles. The molecule has 0 fully saturated rings. The number of nitrogens with zero attached hydrogens (tertiary/aromatic N) is 2. The van der Waals surface area contributed by atoms with E-state index in [1.807, 2.05) is 0 Å². The number of nitro benzene ring substituents is 2. The topological polar surface area (TPSA) is 95.5 Å². The van der Waals surface area contributed by atoms with Crippen LogP contribution < -0.4 is 4.74 Å². The summed E-state index contributed by atoms with van der Waals surface area (Å²) in [6.07, 6.45) is 0. The predicted molar refractivity (Wildman–Crippen MR) is 71.3 cm³/mol. The molecule has 2 aromatic carbocycles. The van der Waals surface area contributed by atoms with Crippen molar-refractivity contribution in [2.75, 3.05) is 0 Å². The van der Waals surface area contributed by atoms with Crippen LogP contribution in [-0.4, -0.2) is 9.85 Å². The van der Waals surface area contributed by atoms with E-state index in [9.17, 15) is 20.2 Å². The number of ether oxygens (including phenoxy) is 1.